The van der Waals surface area contributed by atoms with E-state index >= 15 is 0 Å². The van der Waals surface area contributed by atoms with E-state index < -0.39 is 5.41 Å². The van der Waals surface area contributed by atoms with Crippen LogP contribution >= 0.6 is 11.3 Å². The van der Waals surface area contributed by atoms with E-state index in [4.69, 9.17) is 0 Å². The Kier molecular flexibility index (Phi) is 8.05. The Morgan fingerprint density at radius 3 is 1.97 bits per heavy atom. The Balaban J connectivity index is 1.22. The monoisotopic (exact) mass is 773 g/mol. The minimum atomic E-state index is -0.503. The highest BCUT2D eigenvalue weighted by molar-refractivity contribution is 7.26. The lowest BCUT2D eigenvalue weighted by atomic mass is 9.67. The van der Waals surface area contributed by atoms with Gasteiger partial charge in [0, 0.05) is 47.9 Å². The summed E-state index contributed by atoms with van der Waals surface area (Å²) in [6.07, 6.45) is 6.14. The molecule has 1 aromatic heterocycles. The van der Waals surface area contributed by atoms with Crippen LogP contribution < -0.4 is 4.90 Å². The predicted octanol–water partition coefficient (Wildman–Crippen LogP) is 15.8. The van der Waals surface area contributed by atoms with Gasteiger partial charge in [-0.15, -0.1) is 11.3 Å². The fourth-order valence-electron chi connectivity index (χ4n) is 10.3. The number of allylic oxidation sites excluding steroid dienone is 5. The molecule has 0 saturated carbocycles. The highest BCUT2D eigenvalue weighted by atomic mass is 32.1. The summed E-state index contributed by atoms with van der Waals surface area (Å²) < 4.78 is 2.66. The van der Waals surface area contributed by atoms with Crippen molar-refractivity contribution in [3.8, 4) is 11.1 Å². The summed E-state index contributed by atoms with van der Waals surface area (Å²) in [6.45, 7) is 11.0. The maximum Gasteiger partial charge on any atom is 0.0714 e. The number of nitrogens with zero attached hydrogens (tertiary/aromatic N) is 1. The van der Waals surface area contributed by atoms with Crippen LogP contribution in [-0.4, -0.2) is 0 Å². The standard InChI is InChI=1S/C57H43NS/c1-5-6-24-43-37(2)56(3,4)51-36-42(29-31-45(43)51)58(52-27-17-19-38-18-13-14-25-44(38)52)41-30-33-49-48(35-41)54-50(34-32-47-46-26-15-16-28-53(46)59-55(47)54)57(49,39-20-9-7-10-21-39)40-22-11-8-12-23-40/h5-36H,1H2,2-4H3/b24-6-. The van der Waals surface area contributed by atoms with Gasteiger partial charge in [-0.25, -0.2) is 0 Å². The Morgan fingerprint density at radius 1 is 0.559 bits per heavy atom. The maximum atomic E-state index is 3.96. The Labute approximate surface area is 350 Å². The van der Waals surface area contributed by atoms with Crippen LogP contribution in [0.4, 0.5) is 17.1 Å². The first kappa shape index (κ1) is 35.4. The minimum Gasteiger partial charge on any atom is -0.310 e. The molecule has 1 nitrogen and oxygen atoms in total. The maximum absolute atomic E-state index is 3.96. The number of rotatable bonds is 7. The van der Waals surface area contributed by atoms with E-state index in [9.17, 15) is 0 Å². The number of anilines is 3. The highest BCUT2D eigenvalue weighted by Gasteiger charge is 2.47. The van der Waals surface area contributed by atoms with Crippen LogP contribution in [0.3, 0.4) is 0 Å². The molecule has 2 aliphatic rings. The molecule has 0 fully saturated rings. The zero-order valence-corrected chi connectivity index (χ0v) is 34.4. The zero-order valence-electron chi connectivity index (χ0n) is 33.5. The lowest BCUT2D eigenvalue weighted by Gasteiger charge is -2.34. The molecule has 282 valence electrons. The highest BCUT2D eigenvalue weighted by Crippen LogP contribution is 2.60. The van der Waals surface area contributed by atoms with Crippen LogP contribution in [0.15, 0.2) is 206 Å². The molecule has 8 aromatic carbocycles. The molecule has 0 atom stereocenters. The molecule has 2 aliphatic carbocycles. The van der Waals surface area contributed by atoms with Gasteiger partial charge in [0.25, 0.3) is 0 Å². The van der Waals surface area contributed by atoms with E-state index in [-0.39, 0.29) is 5.41 Å². The van der Waals surface area contributed by atoms with Crippen molar-refractivity contribution in [2.24, 2.45) is 0 Å². The first-order chi connectivity index (χ1) is 28.9. The lowest BCUT2D eigenvalue weighted by molar-refractivity contribution is 0.639. The summed E-state index contributed by atoms with van der Waals surface area (Å²) in [7, 11) is 0. The molecule has 1 heterocycles. The Morgan fingerprint density at radius 2 is 1.20 bits per heavy atom. The third kappa shape index (κ3) is 5.09. The number of hydrogen-bond acceptors (Lipinski definition) is 2. The molecule has 0 radical (unpaired) electrons. The second-order valence-corrected chi connectivity index (χ2v) is 17.5. The third-order valence-corrected chi connectivity index (χ3v) is 14.5. The van der Waals surface area contributed by atoms with E-state index in [1.165, 1.54) is 86.6 Å². The van der Waals surface area contributed by atoms with Crippen molar-refractivity contribution in [3.05, 3.63) is 240 Å². The van der Waals surface area contributed by atoms with Crippen molar-refractivity contribution >= 4 is 64.9 Å². The first-order valence-electron chi connectivity index (χ1n) is 20.5. The van der Waals surface area contributed by atoms with Gasteiger partial charge >= 0.3 is 0 Å². The lowest BCUT2D eigenvalue weighted by Crippen LogP contribution is -2.28. The van der Waals surface area contributed by atoms with Crippen molar-refractivity contribution < 1.29 is 0 Å². The number of fused-ring (bicyclic) bond motifs is 9. The molecule has 0 N–H and O–H groups in total. The zero-order chi connectivity index (χ0) is 39.9. The average molecular weight is 774 g/mol. The number of hydrogen-bond donors (Lipinski definition) is 0. The molecule has 2 heteroatoms. The van der Waals surface area contributed by atoms with Crippen LogP contribution in [0.2, 0.25) is 0 Å². The van der Waals surface area contributed by atoms with Gasteiger partial charge in [-0.3, -0.25) is 0 Å². The third-order valence-electron chi connectivity index (χ3n) is 13.3. The average Bonchev–Trinajstić information content (AvgIpc) is 3.87. The van der Waals surface area contributed by atoms with Gasteiger partial charge in [-0.05, 0) is 93.2 Å². The summed E-state index contributed by atoms with van der Waals surface area (Å²) in [6, 6.07) is 65.9. The number of benzene rings is 8. The molecule has 59 heavy (non-hydrogen) atoms. The van der Waals surface area contributed by atoms with Gasteiger partial charge in [0.15, 0.2) is 0 Å². The minimum absolute atomic E-state index is 0.134. The number of thiophene rings is 1. The first-order valence-corrected chi connectivity index (χ1v) is 21.4. The van der Waals surface area contributed by atoms with Gasteiger partial charge in [-0.1, -0.05) is 184 Å². The fourth-order valence-corrected chi connectivity index (χ4v) is 11.5. The summed E-state index contributed by atoms with van der Waals surface area (Å²) in [4.78, 5) is 2.50. The van der Waals surface area contributed by atoms with Crippen molar-refractivity contribution in [1.29, 1.82) is 0 Å². The molecular formula is C57H43NS. The summed E-state index contributed by atoms with van der Waals surface area (Å²) in [5, 5.41) is 5.06. The molecule has 0 aliphatic heterocycles. The van der Waals surface area contributed by atoms with E-state index in [1.807, 2.05) is 17.4 Å². The fraction of sp³-hybridized carbons (Fsp3) is 0.0877. The van der Waals surface area contributed by atoms with Gasteiger partial charge in [0.1, 0.15) is 0 Å². The van der Waals surface area contributed by atoms with Gasteiger partial charge < -0.3 is 4.90 Å². The van der Waals surface area contributed by atoms with Gasteiger partial charge in [-0.2, -0.15) is 0 Å². The van der Waals surface area contributed by atoms with Crippen molar-refractivity contribution in [3.63, 3.8) is 0 Å². The van der Waals surface area contributed by atoms with Crippen molar-refractivity contribution in [1.82, 2.24) is 0 Å². The predicted molar refractivity (Wildman–Crippen MR) is 254 cm³/mol. The van der Waals surface area contributed by atoms with Crippen molar-refractivity contribution in [2.45, 2.75) is 31.6 Å². The molecule has 0 unspecified atom stereocenters. The Bertz CT molecular complexity index is 3170. The van der Waals surface area contributed by atoms with E-state index in [2.05, 4.69) is 220 Å². The largest absolute Gasteiger partial charge is 0.310 e. The van der Waals surface area contributed by atoms with Crippen molar-refractivity contribution in [2.75, 3.05) is 4.90 Å². The smallest absolute Gasteiger partial charge is 0.0714 e. The summed E-state index contributed by atoms with van der Waals surface area (Å²) in [5.41, 5.74) is 15.9. The molecule has 0 bridgehead atoms. The molecule has 9 aromatic rings. The Hall–Kier alpha value is -6.74. The molecule has 0 amide bonds. The SMILES string of the molecule is C=C/C=C\C1=C(C)C(C)(C)c2cc(N(c3ccc4c(c3)-c3c(ccc5c3sc3ccccc35)C4(c3ccccc3)c3ccccc3)c3cccc4ccccc34)ccc21. The van der Waals surface area contributed by atoms with Gasteiger partial charge in [0.2, 0.25) is 0 Å². The summed E-state index contributed by atoms with van der Waals surface area (Å²) in [5.74, 6) is 0. The van der Waals surface area contributed by atoms with Crippen LogP contribution in [0.1, 0.15) is 54.2 Å². The van der Waals surface area contributed by atoms with Gasteiger partial charge in [0.05, 0.1) is 11.1 Å². The normalized spacial score (nSPS) is 14.9. The second kappa shape index (κ2) is 13.4. The van der Waals surface area contributed by atoms with E-state index in [0.717, 1.165) is 17.1 Å². The quantitative estimate of drug-likeness (QED) is 0.146. The molecule has 11 rings (SSSR count). The van der Waals surface area contributed by atoms with Crippen LogP contribution in [-0.2, 0) is 10.8 Å². The molecule has 0 spiro atoms. The molecular weight excluding hydrogens is 731 g/mol. The van der Waals surface area contributed by atoms with Crippen LogP contribution in [0.5, 0.6) is 0 Å². The van der Waals surface area contributed by atoms with Crippen LogP contribution in [0, 0.1) is 0 Å². The summed E-state index contributed by atoms with van der Waals surface area (Å²) >= 11 is 1.92. The van der Waals surface area contributed by atoms with E-state index in [1.54, 1.807) is 0 Å². The molecule has 0 saturated heterocycles. The second-order valence-electron chi connectivity index (χ2n) is 16.5. The van der Waals surface area contributed by atoms with Crippen LogP contribution in [0.25, 0.3) is 47.6 Å². The van der Waals surface area contributed by atoms with E-state index in [0.29, 0.717) is 0 Å². The topological polar surface area (TPSA) is 3.24 Å².